The molecule has 1 atom stereocenters. The molecule has 1 aromatic carbocycles. The maximum Gasteiger partial charge on any atom is 0.253 e. The molecule has 0 radical (unpaired) electrons. The van der Waals surface area contributed by atoms with Crippen LogP contribution in [0.15, 0.2) is 41.0 Å². The second kappa shape index (κ2) is 6.24. The van der Waals surface area contributed by atoms with Gasteiger partial charge in [-0.05, 0) is 30.7 Å². The minimum Gasteiger partial charge on any atom is -0.382 e. The molecular formula is C14H13BrClN3O. The number of halogens is 2. The first-order valence-corrected chi connectivity index (χ1v) is 7.12. The Balaban J connectivity index is 2.10. The molecule has 3 N–H and O–H groups in total. The minimum absolute atomic E-state index is 0.119. The molecule has 0 aliphatic rings. The van der Waals surface area contributed by atoms with Crippen molar-refractivity contribution in [2.45, 2.75) is 13.0 Å². The van der Waals surface area contributed by atoms with Crippen LogP contribution in [0.5, 0.6) is 0 Å². The Morgan fingerprint density at radius 3 is 2.65 bits per heavy atom. The number of nitrogens with one attached hydrogen (secondary N) is 1. The van der Waals surface area contributed by atoms with E-state index in [1.165, 1.54) is 12.3 Å². The molecule has 0 spiro atoms. The number of nitrogens with two attached hydrogens (primary N) is 1. The summed E-state index contributed by atoms with van der Waals surface area (Å²) in [5, 5.41) is 3.16. The molecule has 2 aromatic rings. The summed E-state index contributed by atoms with van der Waals surface area (Å²) in [7, 11) is 0. The van der Waals surface area contributed by atoms with Gasteiger partial charge in [-0.25, -0.2) is 4.98 Å². The number of hydrogen-bond acceptors (Lipinski definition) is 3. The van der Waals surface area contributed by atoms with Gasteiger partial charge in [0.1, 0.15) is 5.82 Å². The molecule has 0 fully saturated rings. The molecule has 104 valence electrons. The van der Waals surface area contributed by atoms with Crippen LogP contribution >= 0.6 is 27.5 Å². The summed E-state index contributed by atoms with van der Waals surface area (Å²) in [6, 6.07) is 9.14. The van der Waals surface area contributed by atoms with E-state index in [1.54, 1.807) is 0 Å². The molecule has 0 aliphatic carbocycles. The lowest BCUT2D eigenvalue weighted by Gasteiger charge is -2.14. The lowest BCUT2D eigenvalue weighted by Crippen LogP contribution is -2.26. The van der Waals surface area contributed by atoms with Crippen molar-refractivity contribution >= 4 is 39.3 Å². The van der Waals surface area contributed by atoms with Crippen LogP contribution < -0.4 is 11.1 Å². The Morgan fingerprint density at radius 1 is 1.40 bits per heavy atom. The Labute approximate surface area is 130 Å². The van der Waals surface area contributed by atoms with Gasteiger partial charge in [-0.15, -0.1) is 0 Å². The predicted octanol–water partition coefficient (Wildman–Crippen LogP) is 3.57. The summed E-state index contributed by atoms with van der Waals surface area (Å²) in [4.78, 5) is 16.0. The second-order valence-corrected chi connectivity index (χ2v) is 5.66. The van der Waals surface area contributed by atoms with Crippen molar-refractivity contribution in [3.63, 3.8) is 0 Å². The molecule has 0 aliphatic heterocycles. The number of nitrogens with zero attached hydrogens (tertiary/aromatic N) is 1. The standard InChI is InChI=1S/C14H13BrClN3O/c1-8(9-2-4-11(15)5-3-9)19-14(20)10-6-12(16)13(17)18-7-10/h2-8H,1H3,(H2,17,18)(H,19,20). The highest BCUT2D eigenvalue weighted by molar-refractivity contribution is 9.10. The number of anilines is 1. The van der Waals surface area contributed by atoms with E-state index >= 15 is 0 Å². The van der Waals surface area contributed by atoms with Gasteiger partial charge < -0.3 is 11.1 Å². The third-order valence-electron chi connectivity index (χ3n) is 2.85. The quantitative estimate of drug-likeness (QED) is 0.885. The van der Waals surface area contributed by atoms with E-state index in [4.69, 9.17) is 17.3 Å². The van der Waals surface area contributed by atoms with Crippen molar-refractivity contribution in [2.24, 2.45) is 0 Å². The van der Waals surface area contributed by atoms with Crippen molar-refractivity contribution in [3.05, 3.63) is 57.2 Å². The van der Waals surface area contributed by atoms with Gasteiger partial charge in [0.2, 0.25) is 0 Å². The Morgan fingerprint density at radius 2 is 2.05 bits per heavy atom. The van der Waals surface area contributed by atoms with Crippen LogP contribution in [-0.4, -0.2) is 10.9 Å². The van der Waals surface area contributed by atoms with E-state index in [0.717, 1.165) is 10.0 Å². The molecule has 1 unspecified atom stereocenters. The van der Waals surface area contributed by atoms with Gasteiger partial charge in [0.05, 0.1) is 16.6 Å². The van der Waals surface area contributed by atoms with E-state index in [-0.39, 0.29) is 22.8 Å². The number of amides is 1. The van der Waals surface area contributed by atoms with Gasteiger partial charge in [-0.3, -0.25) is 4.79 Å². The fourth-order valence-corrected chi connectivity index (χ4v) is 2.12. The maximum atomic E-state index is 12.1. The lowest BCUT2D eigenvalue weighted by atomic mass is 10.1. The van der Waals surface area contributed by atoms with Crippen molar-refractivity contribution in [2.75, 3.05) is 5.73 Å². The Kier molecular flexibility index (Phi) is 4.62. The van der Waals surface area contributed by atoms with Crippen LogP contribution in [0.2, 0.25) is 5.02 Å². The number of nitrogen functional groups attached to an aromatic ring is 1. The second-order valence-electron chi connectivity index (χ2n) is 4.34. The third kappa shape index (κ3) is 3.49. The number of pyridine rings is 1. The molecular weight excluding hydrogens is 342 g/mol. The molecule has 6 heteroatoms. The van der Waals surface area contributed by atoms with E-state index in [1.807, 2.05) is 31.2 Å². The molecule has 0 saturated heterocycles. The fourth-order valence-electron chi connectivity index (χ4n) is 1.69. The first kappa shape index (κ1) is 14.8. The number of benzene rings is 1. The molecule has 1 amide bonds. The molecule has 20 heavy (non-hydrogen) atoms. The summed E-state index contributed by atoms with van der Waals surface area (Å²) in [6.07, 6.45) is 1.41. The van der Waals surface area contributed by atoms with Crippen LogP contribution in [0.25, 0.3) is 0 Å². The molecule has 4 nitrogen and oxygen atoms in total. The summed E-state index contributed by atoms with van der Waals surface area (Å²) < 4.78 is 0.995. The SMILES string of the molecule is CC(NC(=O)c1cnc(N)c(Cl)c1)c1ccc(Br)cc1. The Hall–Kier alpha value is -1.59. The fraction of sp³-hybridized carbons (Fsp3) is 0.143. The molecule has 1 heterocycles. The third-order valence-corrected chi connectivity index (χ3v) is 3.68. The summed E-state index contributed by atoms with van der Waals surface area (Å²) in [5.74, 6) is -0.0287. The summed E-state index contributed by atoms with van der Waals surface area (Å²) >= 11 is 9.23. The van der Waals surface area contributed by atoms with Crippen molar-refractivity contribution in [3.8, 4) is 0 Å². The molecule has 1 aromatic heterocycles. The smallest absolute Gasteiger partial charge is 0.253 e. The van der Waals surface area contributed by atoms with Gasteiger partial charge in [-0.2, -0.15) is 0 Å². The van der Waals surface area contributed by atoms with E-state index in [2.05, 4.69) is 26.2 Å². The average molecular weight is 355 g/mol. The summed E-state index contributed by atoms with van der Waals surface area (Å²) in [5.41, 5.74) is 6.91. The number of carbonyl (C=O) groups excluding carboxylic acids is 1. The highest BCUT2D eigenvalue weighted by Gasteiger charge is 2.13. The highest BCUT2D eigenvalue weighted by Crippen LogP contribution is 2.19. The molecule has 0 bridgehead atoms. The lowest BCUT2D eigenvalue weighted by molar-refractivity contribution is 0.0939. The Bertz CT molecular complexity index is 631. The van der Waals surface area contributed by atoms with Crippen LogP contribution in [0.3, 0.4) is 0 Å². The molecule has 2 rings (SSSR count). The zero-order valence-electron chi connectivity index (χ0n) is 10.7. The van der Waals surface area contributed by atoms with Crippen LogP contribution in [0, 0.1) is 0 Å². The maximum absolute atomic E-state index is 12.1. The first-order valence-electron chi connectivity index (χ1n) is 5.94. The van der Waals surface area contributed by atoms with Gasteiger partial charge in [0, 0.05) is 10.7 Å². The van der Waals surface area contributed by atoms with E-state index < -0.39 is 0 Å². The first-order chi connectivity index (χ1) is 9.47. The van der Waals surface area contributed by atoms with Crippen LogP contribution in [0.1, 0.15) is 28.9 Å². The molecule has 0 saturated carbocycles. The zero-order valence-corrected chi connectivity index (χ0v) is 13.1. The van der Waals surface area contributed by atoms with Gasteiger partial charge >= 0.3 is 0 Å². The number of rotatable bonds is 3. The predicted molar refractivity (Wildman–Crippen MR) is 83.7 cm³/mol. The van der Waals surface area contributed by atoms with Crippen molar-refractivity contribution < 1.29 is 4.79 Å². The monoisotopic (exact) mass is 353 g/mol. The highest BCUT2D eigenvalue weighted by atomic mass is 79.9. The number of carbonyl (C=O) groups is 1. The van der Waals surface area contributed by atoms with Gasteiger partial charge in [-0.1, -0.05) is 39.7 Å². The van der Waals surface area contributed by atoms with Gasteiger partial charge in [0.15, 0.2) is 0 Å². The number of hydrogen-bond donors (Lipinski definition) is 2. The topological polar surface area (TPSA) is 68.0 Å². The zero-order chi connectivity index (χ0) is 14.7. The van der Waals surface area contributed by atoms with Gasteiger partial charge in [0.25, 0.3) is 5.91 Å². The van der Waals surface area contributed by atoms with Crippen molar-refractivity contribution in [1.82, 2.24) is 10.3 Å². The van der Waals surface area contributed by atoms with E-state index in [0.29, 0.717) is 5.56 Å². The normalized spacial score (nSPS) is 11.9. The van der Waals surface area contributed by atoms with Crippen LogP contribution in [-0.2, 0) is 0 Å². The van der Waals surface area contributed by atoms with E-state index in [9.17, 15) is 4.79 Å². The minimum atomic E-state index is -0.241. The van der Waals surface area contributed by atoms with Crippen LogP contribution in [0.4, 0.5) is 5.82 Å². The summed E-state index contributed by atoms with van der Waals surface area (Å²) in [6.45, 7) is 1.91. The van der Waals surface area contributed by atoms with Crippen molar-refractivity contribution in [1.29, 1.82) is 0 Å². The largest absolute Gasteiger partial charge is 0.382 e. The number of aromatic nitrogens is 1. The average Bonchev–Trinajstić information content (AvgIpc) is 2.42.